The van der Waals surface area contributed by atoms with E-state index in [-0.39, 0.29) is 17.8 Å². The molecule has 180 valence electrons. The molecule has 1 aromatic carbocycles. The first-order chi connectivity index (χ1) is 17.0. The maximum Gasteiger partial charge on any atom is 0.222 e. The van der Waals surface area contributed by atoms with Gasteiger partial charge in [-0.25, -0.2) is 19.3 Å². The number of aromatic nitrogens is 4. The molecule has 9 heteroatoms. The number of piperazine rings is 1. The van der Waals surface area contributed by atoms with Gasteiger partial charge in [0.2, 0.25) is 5.91 Å². The minimum atomic E-state index is -0.272. The van der Waals surface area contributed by atoms with Gasteiger partial charge in [0.15, 0.2) is 5.82 Å². The Morgan fingerprint density at radius 3 is 2.69 bits per heavy atom. The number of nitrogens with one attached hydrogen (secondary N) is 1. The van der Waals surface area contributed by atoms with Crippen molar-refractivity contribution in [2.45, 2.75) is 33.2 Å². The molecular formula is C26H28FN7O. The standard InChI is InChI=1S/C26H28FN7O/c1-4-22(35)33-10-12-34(13-11-33)26-19(14-18-7-8-20(27)16(2)23(18)32-26)17(3)31-25-24-21(29-15-30-25)6-5-9-28-24/h5-9,14-15,17H,4,10-13H2,1-3H3,(H,29,30,31). The molecule has 8 nitrogen and oxygen atoms in total. The maximum atomic E-state index is 14.4. The van der Waals surface area contributed by atoms with Crippen LogP contribution in [0.2, 0.25) is 0 Å². The van der Waals surface area contributed by atoms with Crippen LogP contribution >= 0.6 is 0 Å². The second-order valence-electron chi connectivity index (χ2n) is 8.83. The Morgan fingerprint density at radius 1 is 1.11 bits per heavy atom. The molecule has 1 fully saturated rings. The highest BCUT2D eigenvalue weighted by molar-refractivity contribution is 5.87. The van der Waals surface area contributed by atoms with Crippen molar-refractivity contribution in [3.05, 3.63) is 59.8 Å². The van der Waals surface area contributed by atoms with E-state index in [1.165, 1.54) is 12.4 Å². The minimum Gasteiger partial charge on any atom is -0.361 e. The molecule has 0 saturated carbocycles. The summed E-state index contributed by atoms with van der Waals surface area (Å²) in [6.45, 7) is 8.29. The van der Waals surface area contributed by atoms with E-state index in [1.54, 1.807) is 19.2 Å². The molecule has 1 amide bonds. The lowest BCUT2D eigenvalue weighted by Gasteiger charge is -2.37. The summed E-state index contributed by atoms with van der Waals surface area (Å²) in [4.78, 5) is 34.4. The van der Waals surface area contributed by atoms with Crippen molar-refractivity contribution in [1.82, 2.24) is 24.8 Å². The highest BCUT2D eigenvalue weighted by atomic mass is 19.1. The molecule has 3 aromatic heterocycles. The molecule has 1 aliphatic rings. The Morgan fingerprint density at radius 2 is 1.91 bits per heavy atom. The van der Waals surface area contributed by atoms with Gasteiger partial charge >= 0.3 is 0 Å². The molecule has 4 aromatic rings. The van der Waals surface area contributed by atoms with Gasteiger partial charge in [-0.15, -0.1) is 0 Å². The van der Waals surface area contributed by atoms with E-state index >= 15 is 0 Å². The zero-order valence-electron chi connectivity index (χ0n) is 20.1. The number of nitrogens with zero attached hydrogens (tertiary/aromatic N) is 6. The van der Waals surface area contributed by atoms with Crippen LogP contribution in [0.1, 0.15) is 37.4 Å². The molecular weight excluding hydrogens is 445 g/mol. The average Bonchev–Trinajstić information content (AvgIpc) is 2.90. The quantitative estimate of drug-likeness (QED) is 0.464. The summed E-state index contributed by atoms with van der Waals surface area (Å²) in [6.07, 6.45) is 3.74. The van der Waals surface area contributed by atoms with Crippen molar-refractivity contribution in [2.24, 2.45) is 0 Å². The third-order valence-electron chi connectivity index (χ3n) is 6.63. The van der Waals surface area contributed by atoms with Crippen molar-refractivity contribution in [2.75, 3.05) is 36.4 Å². The molecule has 0 aliphatic carbocycles. The van der Waals surface area contributed by atoms with E-state index in [2.05, 4.69) is 38.2 Å². The Balaban J connectivity index is 1.54. The lowest BCUT2D eigenvalue weighted by atomic mass is 10.0. The van der Waals surface area contributed by atoms with Crippen LogP contribution in [0, 0.1) is 12.7 Å². The van der Waals surface area contributed by atoms with Crippen LogP contribution in [0.15, 0.2) is 42.9 Å². The first-order valence-electron chi connectivity index (χ1n) is 11.9. The smallest absolute Gasteiger partial charge is 0.222 e. The van der Waals surface area contributed by atoms with E-state index in [9.17, 15) is 9.18 Å². The number of hydrogen-bond acceptors (Lipinski definition) is 7. The van der Waals surface area contributed by atoms with Crippen LogP contribution in [0.25, 0.3) is 21.9 Å². The first-order valence-corrected chi connectivity index (χ1v) is 11.9. The van der Waals surface area contributed by atoms with Crippen molar-refractivity contribution >= 4 is 39.5 Å². The summed E-state index contributed by atoms with van der Waals surface area (Å²) in [7, 11) is 0. The highest BCUT2D eigenvalue weighted by Gasteiger charge is 2.25. The predicted molar refractivity (Wildman–Crippen MR) is 135 cm³/mol. The monoisotopic (exact) mass is 473 g/mol. The Bertz CT molecular complexity index is 1400. The number of pyridine rings is 2. The van der Waals surface area contributed by atoms with Crippen LogP contribution in [-0.2, 0) is 4.79 Å². The van der Waals surface area contributed by atoms with Crippen LogP contribution in [0.3, 0.4) is 0 Å². The molecule has 1 N–H and O–H groups in total. The number of carbonyl (C=O) groups excluding carboxylic acids is 1. The summed E-state index contributed by atoms with van der Waals surface area (Å²) in [5.74, 6) is 1.32. The number of hydrogen-bond donors (Lipinski definition) is 1. The largest absolute Gasteiger partial charge is 0.361 e. The molecule has 1 atom stereocenters. The summed E-state index contributed by atoms with van der Waals surface area (Å²) in [5, 5.41) is 4.37. The van der Waals surface area contributed by atoms with Gasteiger partial charge in [-0.3, -0.25) is 9.78 Å². The number of fused-ring (bicyclic) bond motifs is 2. The highest BCUT2D eigenvalue weighted by Crippen LogP contribution is 2.33. The Kier molecular flexibility index (Phi) is 6.15. The number of amides is 1. The average molecular weight is 474 g/mol. The van der Waals surface area contributed by atoms with E-state index in [1.807, 2.05) is 24.0 Å². The van der Waals surface area contributed by atoms with Crippen LogP contribution < -0.4 is 10.2 Å². The molecule has 0 bridgehead atoms. The number of aryl methyl sites for hydroxylation is 1. The Hall–Kier alpha value is -3.88. The predicted octanol–water partition coefficient (Wildman–Crippen LogP) is 4.25. The van der Waals surface area contributed by atoms with Gasteiger partial charge in [-0.05, 0) is 44.2 Å². The van der Waals surface area contributed by atoms with Crippen molar-refractivity contribution in [3.8, 4) is 0 Å². The molecule has 1 aliphatic heterocycles. The number of rotatable bonds is 5. The van der Waals surface area contributed by atoms with Gasteiger partial charge in [-0.2, -0.15) is 0 Å². The fourth-order valence-corrected chi connectivity index (χ4v) is 4.61. The fraction of sp³-hybridized carbons (Fsp3) is 0.346. The van der Waals surface area contributed by atoms with Gasteiger partial charge in [0.05, 0.1) is 17.1 Å². The molecule has 35 heavy (non-hydrogen) atoms. The molecule has 1 saturated heterocycles. The normalized spacial score (nSPS) is 15.0. The first kappa shape index (κ1) is 22.9. The van der Waals surface area contributed by atoms with Gasteiger partial charge in [0, 0.05) is 55.3 Å². The van der Waals surface area contributed by atoms with Crippen LogP contribution in [-0.4, -0.2) is 56.9 Å². The van der Waals surface area contributed by atoms with Gasteiger partial charge < -0.3 is 15.1 Å². The number of carbonyl (C=O) groups is 1. The maximum absolute atomic E-state index is 14.4. The van der Waals surface area contributed by atoms with Gasteiger partial charge in [-0.1, -0.05) is 6.92 Å². The van der Waals surface area contributed by atoms with Crippen molar-refractivity contribution < 1.29 is 9.18 Å². The van der Waals surface area contributed by atoms with E-state index in [0.717, 1.165) is 22.3 Å². The zero-order valence-corrected chi connectivity index (χ0v) is 20.1. The lowest BCUT2D eigenvalue weighted by molar-refractivity contribution is -0.131. The number of benzene rings is 1. The molecule has 4 heterocycles. The second kappa shape index (κ2) is 9.40. The summed E-state index contributed by atoms with van der Waals surface area (Å²) in [6, 6.07) is 8.91. The third-order valence-corrected chi connectivity index (χ3v) is 6.63. The molecule has 1 unspecified atom stereocenters. The second-order valence-corrected chi connectivity index (χ2v) is 8.83. The lowest BCUT2D eigenvalue weighted by Crippen LogP contribution is -2.49. The van der Waals surface area contributed by atoms with E-state index in [0.29, 0.717) is 55.0 Å². The van der Waals surface area contributed by atoms with E-state index < -0.39 is 0 Å². The number of anilines is 2. The third kappa shape index (κ3) is 4.34. The minimum absolute atomic E-state index is 0.160. The zero-order chi connectivity index (χ0) is 24.5. The van der Waals surface area contributed by atoms with Gasteiger partial charge in [0.25, 0.3) is 0 Å². The number of halogens is 1. The van der Waals surface area contributed by atoms with Crippen LogP contribution in [0.4, 0.5) is 16.0 Å². The van der Waals surface area contributed by atoms with Crippen molar-refractivity contribution in [1.29, 1.82) is 0 Å². The van der Waals surface area contributed by atoms with Crippen LogP contribution in [0.5, 0.6) is 0 Å². The summed E-state index contributed by atoms with van der Waals surface area (Å²) in [5.41, 5.74) is 3.61. The summed E-state index contributed by atoms with van der Waals surface area (Å²) < 4.78 is 14.4. The van der Waals surface area contributed by atoms with E-state index in [4.69, 9.17) is 4.98 Å². The molecule has 5 rings (SSSR count). The molecule has 0 radical (unpaired) electrons. The molecule has 0 spiro atoms. The summed E-state index contributed by atoms with van der Waals surface area (Å²) >= 11 is 0. The van der Waals surface area contributed by atoms with Gasteiger partial charge in [0.1, 0.15) is 23.5 Å². The fourth-order valence-electron chi connectivity index (χ4n) is 4.61. The Labute approximate surface area is 203 Å². The van der Waals surface area contributed by atoms with Crippen molar-refractivity contribution in [3.63, 3.8) is 0 Å². The SMILES string of the molecule is CCC(=O)N1CCN(c2nc3c(C)c(F)ccc3cc2C(C)Nc2ncnc3cccnc23)CC1. The topological polar surface area (TPSA) is 87.1 Å².